The highest BCUT2D eigenvalue weighted by atomic mass is 32.2. The van der Waals surface area contributed by atoms with Crippen molar-refractivity contribution in [3.05, 3.63) is 190 Å². The number of hydrogen-bond acceptors (Lipinski definition) is 32. The first-order chi connectivity index (χ1) is 58.2. The third kappa shape index (κ3) is 26.1. The van der Waals surface area contributed by atoms with E-state index in [0.29, 0.717) is 85.4 Å². The van der Waals surface area contributed by atoms with Gasteiger partial charge in [0.2, 0.25) is 46.0 Å². The summed E-state index contributed by atoms with van der Waals surface area (Å²) in [5.74, 6) is 0.328. The fourth-order valence-electron chi connectivity index (χ4n) is 11.3. The van der Waals surface area contributed by atoms with Gasteiger partial charge in [0.15, 0.2) is 46.0 Å². The number of sulfonamides is 4. The lowest BCUT2D eigenvalue weighted by atomic mass is 10.1. The third-order valence-electron chi connectivity index (χ3n) is 17.5. The van der Waals surface area contributed by atoms with E-state index < -0.39 is 94.8 Å². The van der Waals surface area contributed by atoms with Crippen LogP contribution >= 0.6 is 0 Å². The lowest BCUT2D eigenvalue weighted by Gasteiger charge is -2.16. The van der Waals surface area contributed by atoms with Crippen molar-refractivity contribution in [1.82, 2.24) is 99.8 Å². The van der Waals surface area contributed by atoms with Crippen molar-refractivity contribution in [2.24, 2.45) is 28.2 Å². The molecule has 656 valence electrons. The van der Waals surface area contributed by atoms with Gasteiger partial charge in [-0.1, -0.05) is 33.0 Å². The van der Waals surface area contributed by atoms with Crippen LogP contribution in [-0.4, -0.2) is 183 Å². The summed E-state index contributed by atoms with van der Waals surface area (Å²) in [5.41, 5.74) is 11.0. The minimum absolute atomic E-state index is 0.132. The van der Waals surface area contributed by atoms with Crippen molar-refractivity contribution < 1.29 is 76.2 Å². The molecule has 0 bridgehead atoms. The van der Waals surface area contributed by atoms with Gasteiger partial charge in [0.25, 0.3) is 0 Å². The number of nitrogens with zero attached hydrogens (tertiary/aromatic N) is 20. The Balaban J connectivity index is 0.000000187. The van der Waals surface area contributed by atoms with Crippen molar-refractivity contribution in [3.63, 3.8) is 0 Å². The first kappa shape index (κ1) is 93.6. The van der Waals surface area contributed by atoms with Crippen LogP contribution in [0.5, 0.6) is 0 Å². The number of anilines is 8. The predicted molar refractivity (Wildman–Crippen MR) is 455 cm³/mol. The standard InChI is InChI=1S/3C19H23N7O4S.C18H20FN7O4S/c1-11-8-9-20-10-14(11)13(3)30-19(27)22-18-17(23-25-26(18)4)16-7-6-15(12(2)21-16)24-31(5,28)29;1-11-6-7-14(10-20-11)13(3)30-19(27)22-18-17(23-25-26(18)4)16-9-8-15(12(2)21-16)24-31(5,28)29;1-11-14(7-6-10-20-11)13(3)30-19(27)22-18-17(23-25-26(18)4)16-9-8-15(12(2)21-16)24-31(5,28)29;1-10-13(24-31(4,28)29)7-8-14(21-10)15-17(26(3)25-23-15)22-18(27)30-11(2)12-6-5-9-20-16(12)19/h3*6-10,13,24H,1-5H3,(H,22,27);5-9,11,24H,1-4H3,(H,22,27). The smallest absolute Gasteiger partial charge is 0.413 e. The molecule has 8 N–H and O–H groups in total. The van der Waals surface area contributed by atoms with Crippen LogP contribution in [0.25, 0.3) is 45.6 Å². The quantitative estimate of drug-likeness (QED) is 0.0206. The molecule has 12 rings (SSSR count). The fourth-order valence-corrected chi connectivity index (χ4v) is 13.8. The topological polar surface area (TPSA) is 564 Å². The summed E-state index contributed by atoms with van der Waals surface area (Å²) >= 11 is 0. The molecule has 0 aromatic carbocycles. The van der Waals surface area contributed by atoms with Crippen molar-refractivity contribution in [2.45, 2.75) is 101 Å². The van der Waals surface area contributed by atoms with E-state index in [1.54, 1.807) is 144 Å². The minimum atomic E-state index is -3.46. The monoisotopic (exact) mass is 1780 g/mol. The molecular formula is C75H89FN28O16S4. The van der Waals surface area contributed by atoms with E-state index in [0.717, 1.165) is 58.7 Å². The zero-order chi connectivity index (χ0) is 91.0. The van der Waals surface area contributed by atoms with E-state index in [1.165, 1.54) is 56.1 Å². The molecule has 44 nitrogen and oxygen atoms in total. The Labute approximate surface area is 712 Å². The summed E-state index contributed by atoms with van der Waals surface area (Å²) in [5, 5.41) is 42.4. The molecule has 0 aliphatic carbocycles. The number of ether oxygens (including phenoxy) is 4. The maximum Gasteiger partial charge on any atom is 0.413 e. The van der Waals surface area contributed by atoms with Gasteiger partial charge in [-0.2, -0.15) is 4.39 Å². The summed E-state index contributed by atoms with van der Waals surface area (Å²) in [7, 11) is -7.35. The molecule has 12 aromatic heterocycles. The SMILES string of the molecule is Cc1ccc(C(C)OC(=O)Nc2c(-c3ccc(NS(C)(=O)=O)c(C)n3)nnn2C)cn1.Cc1ccncc1C(C)OC(=O)Nc1c(-c2ccc(NS(C)(=O)=O)c(C)n2)nnn1C.Cc1nc(-c2nnn(C)c2NC(=O)OC(C)c2cccnc2C)ccc1NS(C)(=O)=O.Cc1nc(-c2nnn(C)c2NC(=O)OC(C)c2cccnc2F)ccc1NS(C)(=O)=O. The number of carbonyl (C=O) groups is 4. The number of amides is 4. The number of aromatic nitrogens is 20. The van der Waals surface area contributed by atoms with Crippen LogP contribution in [0.15, 0.2) is 122 Å². The second kappa shape index (κ2) is 40.0. The minimum Gasteiger partial charge on any atom is -0.441 e. The van der Waals surface area contributed by atoms with Crippen LogP contribution in [-0.2, 0) is 87.2 Å². The van der Waals surface area contributed by atoms with Crippen LogP contribution < -0.4 is 40.2 Å². The molecule has 4 amide bonds. The summed E-state index contributed by atoms with van der Waals surface area (Å²) in [6.07, 6.45) is 6.83. The Morgan fingerprint density at radius 1 is 0.363 bits per heavy atom. The average Bonchev–Trinajstić information content (AvgIpc) is 1.63. The lowest BCUT2D eigenvalue weighted by molar-refractivity contribution is 0.118. The lowest BCUT2D eigenvalue weighted by Crippen LogP contribution is -2.19. The Kier molecular flexibility index (Phi) is 30.2. The molecule has 0 aliphatic heterocycles. The molecule has 0 aliphatic rings. The molecule has 0 saturated carbocycles. The van der Waals surface area contributed by atoms with Gasteiger partial charge in [-0.25, -0.2) is 96.5 Å². The summed E-state index contributed by atoms with van der Waals surface area (Å²) in [4.78, 5) is 83.3. The van der Waals surface area contributed by atoms with Gasteiger partial charge >= 0.3 is 24.4 Å². The number of pyridine rings is 8. The van der Waals surface area contributed by atoms with E-state index in [1.807, 2.05) is 45.0 Å². The zero-order valence-electron chi connectivity index (χ0n) is 70.3. The first-order valence-electron chi connectivity index (χ1n) is 36.9. The number of nitrogens with one attached hydrogen (secondary N) is 8. The fraction of sp³-hybridized carbons (Fsp3) is 0.307. The molecule has 4 atom stereocenters. The van der Waals surface area contributed by atoms with Crippen molar-refractivity contribution in [2.75, 3.05) is 65.2 Å². The molecule has 0 spiro atoms. The normalized spacial score (nSPS) is 12.3. The highest BCUT2D eigenvalue weighted by molar-refractivity contribution is 7.92. The number of rotatable bonds is 24. The van der Waals surface area contributed by atoms with Crippen molar-refractivity contribution in [1.29, 1.82) is 0 Å². The molecule has 12 aromatic rings. The van der Waals surface area contributed by atoms with Crippen molar-refractivity contribution >= 4 is 110 Å². The molecule has 124 heavy (non-hydrogen) atoms. The van der Waals surface area contributed by atoms with E-state index in [9.17, 15) is 57.2 Å². The van der Waals surface area contributed by atoms with Crippen LogP contribution in [0.1, 0.15) is 114 Å². The number of halogens is 1. The Hall–Kier alpha value is -14.2. The first-order valence-corrected chi connectivity index (χ1v) is 44.4. The Bertz CT molecular complexity index is 5960. The van der Waals surface area contributed by atoms with Gasteiger partial charge in [0.1, 0.15) is 24.4 Å². The molecule has 0 radical (unpaired) electrons. The molecule has 0 saturated heterocycles. The third-order valence-corrected chi connectivity index (χ3v) is 19.8. The predicted octanol–water partition coefficient (Wildman–Crippen LogP) is 10.1. The zero-order valence-corrected chi connectivity index (χ0v) is 73.6. The van der Waals surface area contributed by atoms with Crippen LogP contribution in [0.3, 0.4) is 0 Å². The number of aryl methyl sites for hydroxylation is 11. The number of hydrogen-bond donors (Lipinski definition) is 8. The van der Waals surface area contributed by atoms with Gasteiger partial charge in [0.05, 0.1) is 93.3 Å². The van der Waals surface area contributed by atoms with Crippen LogP contribution in [0.4, 0.5) is 69.6 Å². The van der Waals surface area contributed by atoms with Crippen LogP contribution in [0.2, 0.25) is 0 Å². The van der Waals surface area contributed by atoms with Crippen molar-refractivity contribution in [3.8, 4) is 45.6 Å². The average molecular weight is 1790 g/mol. The van der Waals surface area contributed by atoms with Gasteiger partial charge in [-0.05, 0) is 161 Å². The summed E-state index contributed by atoms with van der Waals surface area (Å²) < 4.78 is 142. The number of carbonyl (C=O) groups excluding carboxylic acids is 4. The molecular weight excluding hydrogens is 1700 g/mol. The second-order valence-electron chi connectivity index (χ2n) is 27.7. The highest BCUT2D eigenvalue weighted by Gasteiger charge is 2.27. The Morgan fingerprint density at radius 3 is 0.976 bits per heavy atom. The van der Waals surface area contributed by atoms with Gasteiger partial charge < -0.3 is 18.9 Å². The van der Waals surface area contributed by atoms with Gasteiger partial charge in [-0.15, -0.1) is 20.4 Å². The molecule has 12 heterocycles. The summed E-state index contributed by atoms with van der Waals surface area (Å²) in [6.45, 7) is 19.0. The van der Waals surface area contributed by atoms with E-state index >= 15 is 0 Å². The van der Waals surface area contributed by atoms with Gasteiger partial charge in [0, 0.05) is 92.8 Å². The molecule has 4 unspecified atom stereocenters. The Morgan fingerprint density at radius 2 is 0.677 bits per heavy atom. The van der Waals surface area contributed by atoms with Crippen LogP contribution in [0, 0.1) is 54.4 Å². The largest absolute Gasteiger partial charge is 0.441 e. The highest BCUT2D eigenvalue weighted by Crippen LogP contribution is 2.33. The second-order valence-corrected chi connectivity index (χ2v) is 34.7. The maximum atomic E-state index is 13.8. The molecule has 0 fully saturated rings. The molecule has 49 heteroatoms. The summed E-state index contributed by atoms with van der Waals surface area (Å²) in [6, 6.07) is 24.7. The van der Waals surface area contributed by atoms with E-state index in [2.05, 4.69) is 121 Å². The van der Waals surface area contributed by atoms with Gasteiger partial charge in [-0.3, -0.25) is 55.1 Å². The maximum absolute atomic E-state index is 13.8. The van der Waals surface area contributed by atoms with E-state index in [4.69, 9.17) is 18.9 Å². The van der Waals surface area contributed by atoms with E-state index in [-0.39, 0.29) is 34.5 Å².